The number of alkyl carbamates (subject to hydrolysis) is 1. The molecule has 5 aliphatic rings. The molecule has 15 heteroatoms. The van der Waals surface area contributed by atoms with Gasteiger partial charge in [-0.2, -0.15) is 0 Å². The average molecular weight is 802 g/mol. The number of likely N-dealkylation sites (tertiary alicyclic amines) is 1. The molecule has 58 heavy (non-hydrogen) atoms. The third-order valence-corrected chi connectivity index (χ3v) is 13.8. The summed E-state index contributed by atoms with van der Waals surface area (Å²) >= 11 is 1.66. The molecule has 0 spiro atoms. The lowest BCUT2D eigenvalue weighted by Crippen LogP contribution is -2.51. The van der Waals surface area contributed by atoms with Gasteiger partial charge in [0, 0.05) is 41.2 Å². The smallest absolute Gasteiger partial charge is 0.407 e. The molecule has 3 aliphatic heterocycles. The number of hydrogen-bond donors (Lipinski definition) is 4. The molecule has 2 saturated heterocycles. The van der Waals surface area contributed by atoms with E-state index in [9.17, 15) is 9.59 Å². The zero-order valence-electron chi connectivity index (χ0n) is 32.4. The molecule has 4 aromatic heterocycles. The molecule has 2 amide bonds. The first-order valence-corrected chi connectivity index (χ1v) is 21.1. The number of carbonyl (C=O) groups excluding carboxylic acids is 2. The third kappa shape index (κ3) is 6.00. The molecule has 11 rings (SSSR count). The Morgan fingerprint density at radius 3 is 2.57 bits per heavy atom. The number of methoxy groups -OCH3 is 1. The van der Waals surface area contributed by atoms with Gasteiger partial charge in [-0.15, -0.1) is 11.3 Å². The van der Waals surface area contributed by atoms with Gasteiger partial charge in [-0.05, 0) is 80.7 Å². The van der Waals surface area contributed by atoms with Crippen LogP contribution in [0.3, 0.4) is 0 Å². The number of nitrogens with zero attached hydrogens (tertiary/aromatic N) is 5. The van der Waals surface area contributed by atoms with Crippen LogP contribution in [0.5, 0.6) is 5.75 Å². The van der Waals surface area contributed by atoms with Gasteiger partial charge in [-0.25, -0.2) is 24.1 Å². The highest BCUT2D eigenvalue weighted by atomic mass is 32.1. The Hall–Kier alpha value is -5.54. The van der Waals surface area contributed by atoms with Gasteiger partial charge in [0.15, 0.2) is 0 Å². The number of thiazole rings is 1. The van der Waals surface area contributed by atoms with Crippen molar-refractivity contribution in [2.75, 3.05) is 13.7 Å². The molecule has 2 saturated carbocycles. The number of ether oxygens (including phenoxy) is 2. The molecule has 6 atom stereocenters. The molecule has 0 bridgehead atoms. The Bertz CT molecular complexity index is 2600. The molecule has 4 fully saturated rings. The Morgan fingerprint density at radius 1 is 0.983 bits per heavy atom. The Labute approximate surface area is 337 Å². The minimum absolute atomic E-state index is 0.151. The minimum atomic E-state index is -0.744. The topological polar surface area (TPSA) is 155 Å². The first kappa shape index (κ1) is 35.6. The number of benzene rings is 2. The predicted octanol–water partition coefficient (Wildman–Crippen LogP) is 7.97. The van der Waals surface area contributed by atoms with Crippen molar-refractivity contribution >= 4 is 34.2 Å². The van der Waals surface area contributed by atoms with E-state index in [4.69, 9.17) is 24.4 Å². The molecular formula is C43H44FN9O4S. The van der Waals surface area contributed by atoms with Gasteiger partial charge in [0.1, 0.15) is 29.3 Å². The molecular weight excluding hydrogens is 758 g/mol. The zero-order valence-corrected chi connectivity index (χ0v) is 33.2. The fourth-order valence-electron chi connectivity index (χ4n) is 9.26. The minimum Gasteiger partial charge on any atom is -0.464 e. The Balaban J connectivity index is 0.935. The van der Waals surface area contributed by atoms with E-state index in [1.807, 2.05) is 32.3 Å². The number of hydrogen-bond acceptors (Lipinski definition) is 9. The van der Waals surface area contributed by atoms with Gasteiger partial charge in [0.05, 0.1) is 69.6 Å². The molecule has 6 aromatic rings. The van der Waals surface area contributed by atoms with Gasteiger partial charge < -0.3 is 35.0 Å². The van der Waals surface area contributed by atoms with E-state index in [0.29, 0.717) is 53.3 Å². The van der Waals surface area contributed by atoms with Crippen molar-refractivity contribution in [3.63, 3.8) is 0 Å². The predicted molar refractivity (Wildman–Crippen MR) is 216 cm³/mol. The lowest BCUT2D eigenvalue weighted by Gasteiger charge is -2.30. The highest BCUT2D eigenvalue weighted by Crippen LogP contribution is 2.50. The second kappa shape index (κ2) is 13.5. The number of nitrogens with one attached hydrogen (secondary N) is 4. The summed E-state index contributed by atoms with van der Waals surface area (Å²) in [6.45, 7) is 4.30. The van der Waals surface area contributed by atoms with Crippen molar-refractivity contribution in [2.24, 2.45) is 11.8 Å². The first-order chi connectivity index (χ1) is 28.2. The van der Waals surface area contributed by atoms with Gasteiger partial charge in [0.25, 0.3) is 0 Å². The second-order valence-corrected chi connectivity index (χ2v) is 17.9. The van der Waals surface area contributed by atoms with E-state index in [2.05, 4.69) is 49.4 Å². The van der Waals surface area contributed by atoms with Crippen molar-refractivity contribution < 1.29 is 23.5 Å². The van der Waals surface area contributed by atoms with Crippen LogP contribution < -0.4 is 15.4 Å². The number of imidazole rings is 2. The summed E-state index contributed by atoms with van der Waals surface area (Å²) in [4.78, 5) is 49.7. The maximum atomic E-state index is 16.7. The summed E-state index contributed by atoms with van der Waals surface area (Å²) in [5, 5.41) is 8.46. The number of piperidine rings is 1. The molecule has 0 radical (unpaired) electrons. The zero-order chi connectivity index (χ0) is 39.4. The van der Waals surface area contributed by atoms with Crippen LogP contribution in [0.4, 0.5) is 9.18 Å². The van der Waals surface area contributed by atoms with Crippen molar-refractivity contribution in [2.45, 2.75) is 88.7 Å². The summed E-state index contributed by atoms with van der Waals surface area (Å²) in [6, 6.07) is 11.6. The monoisotopic (exact) mass is 801 g/mol. The standard InChI is InChI=1S/C43H44FN9O4S/c1-20(2)37(51-43(55)56-3)41(54)52-10-4-5-32(52)39-46-18-30(50-39)23-12-26(44)36-33-15-25-11-22(29-17-45-38(49-29)28-14-24-13-27(24)48-28)8-9-31(25)53(33)42(57-34(36)16-23)35-19-47-40(58-35)21-6-7-21/h8-9,11-12,15-21,24,27-28,32,37,42,48H,4-7,10,13-14H2,1-3H3,(H,45,49)(H,46,50)(H,51,55)/t24-,27?,28+,32+,37+,42?/m1/s1. The van der Waals surface area contributed by atoms with Gasteiger partial charge >= 0.3 is 6.09 Å². The lowest BCUT2D eigenvalue weighted by atomic mass is 10.0. The number of fused-ring (bicyclic) bond motifs is 6. The SMILES string of the molecule is COC(=O)N[C@H](C(=O)N1CCC[C@H]1c1ncc(-c2cc(F)c3c(c2)OC(c2cnc(C4CC4)s2)n2c-3cc3cc(-c4cnc([C@@H]5C[C@H]6CC6N5)[nH]4)ccc32)[nH]1)C(C)C. The molecule has 298 valence electrons. The quantitative estimate of drug-likeness (QED) is 0.115. The van der Waals surface area contributed by atoms with E-state index in [1.165, 1.54) is 19.6 Å². The van der Waals surface area contributed by atoms with Gasteiger partial charge in [-0.1, -0.05) is 19.9 Å². The first-order valence-electron chi connectivity index (χ1n) is 20.3. The van der Waals surface area contributed by atoms with Crippen molar-refractivity contribution in [3.05, 3.63) is 82.3 Å². The maximum absolute atomic E-state index is 16.7. The maximum Gasteiger partial charge on any atom is 0.407 e. The molecule has 7 heterocycles. The van der Waals surface area contributed by atoms with Crippen LogP contribution >= 0.6 is 11.3 Å². The van der Waals surface area contributed by atoms with Crippen LogP contribution in [0.2, 0.25) is 0 Å². The van der Waals surface area contributed by atoms with Crippen LogP contribution in [-0.2, 0) is 9.53 Å². The van der Waals surface area contributed by atoms with E-state index in [0.717, 1.165) is 75.2 Å². The molecule has 2 aliphatic carbocycles. The second-order valence-electron chi connectivity index (χ2n) is 16.8. The number of aromatic amines is 2. The summed E-state index contributed by atoms with van der Waals surface area (Å²) in [6.07, 6.45) is 10.5. The fraction of sp³-hybridized carbons (Fsp3) is 0.419. The third-order valence-electron chi connectivity index (χ3n) is 12.6. The molecule has 2 aromatic carbocycles. The Morgan fingerprint density at radius 2 is 1.79 bits per heavy atom. The van der Waals surface area contributed by atoms with Crippen molar-refractivity contribution in [3.8, 4) is 39.5 Å². The van der Waals surface area contributed by atoms with Crippen molar-refractivity contribution in [1.82, 2.24) is 45.0 Å². The summed E-state index contributed by atoms with van der Waals surface area (Å²) in [7, 11) is 1.28. The van der Waals surface area contributed by atoms with E-state index in [-0.39, 0.29) is 23.9 Å². The van der Waals surface area contributed by atoms with Crippen LogP contribution in [0.1, 0.15) is 98.1 Å². The number of H-pyrrole nitrogens is 2. The molecule has 13 nitrogen and oxygen atoms in total. The van der Waals surface area contributed by atoms with E-state index < -0.39 is 24.2 Å². The fourth-order valence-corrected chi connectivity index (χ4v) is 10.4. The summed E-state index contributed by atoms with van der Waals surface area (Å²) in [5.74, 6) is 2.52. The highest BCUT2D eigenvalue weighted by molar-refractivity contribution is 7.11. The van der Waals surface area contributed by atoms with Gasteiger partial charge in [0.2, 0.25) is 12.1 Å². The van der Waals surface area contributed by atoms with Crippen molar-refractivity contribution in [1.29, 1.82) is 0 Å². The van der Waals surface area contributed by atoms with Crippen LogP contribution in [0, 0.1) is 17.7 Å². The van der Waals surface area contributed by atoms with Crippen LogP contribution in [0.15, 0.2) is 55.0 Å². The normalized spacial score (nSPS) is 23.7. The number of halogens is 1. The van der Waals surface area contributed by atoms with Gasteiger partial charge in [-0.3, -0.25) is 9.36 Å². The number of amides is 2. The summed E-state index contributed by atoms with van der Waals surface area (Å²) in [5.41, 5.74) is 5.21. The number of rotatable bonds is 9. The van der Waals surface area contributed by atoms with Crippen LogP contribution in [-0.4, -0.2) is 72.1 Å². The summed E-state index contributed by atoms with van der Waals surface area (Å²) < 4.78 is 30.4. The molecule has 4 N–H and O–H groups in total. The number of aromatic nitrogens is 6. The molecule has 2 unspecified atom stereocenters. The van der Waals surface area contributed by atoms with Crippen LogP contribution in [0.25, 0.3) is 44.7 Å². The average Bonchev–Trinajstić information content (AvgIpc) is 3.72. The van der Waals surface area contributed by atoms with E-state index in [1.54, 1.807) is 22.4 Å². The number of carbonyl (C=O) groups is 2. The largest absolute Gasteiger partial charge is 0.464 e. The Kier molecular flexibility index (Phi) is 8.30. The van der Waals surface area contributed by atoms with E-state index >= 15 is 4.39 Å². The lowest BCUT2D eigenvalue weighted by molar-refractivity contribution is -0.135. The highest BCUT2D eigenvalue weighted by Gasteiger charge is 2.47.